The Morgan fingerprint density at radius 2 is 2.29 bits per heavy atom. The Hall–Kier alpha value is -1.23. The summed E-state index contributed by atoms with van der Waals surface area (Å²) in [4.78, 5) is 11.6. The van der Waals surface area contributed by atoms with E-state index in [1.165, 1.54) is 12.1 Å². The van der Waals surface area contributed by atoms with Gasteiger partial charge >= 0.3 is 5.97 Å². The van der Waals surface area contributed by atoms with Crippen LogP contribution in [0.4, 0.5) is 10.1 Å². The van der Waals surface area contributed by atoms with Gasteiger partial charge in [0.2, 0.25) is 0 Å². The van der Waals surface area contributed by atoms with Crippen molar-refractivity contribution in [2.75, 3.05) is 23.8 Å². The number of halogens is 1. The second-order valence-electron chi connectivity index (χ2n) is 3.42. The molecule has 3 nitrogen and oxygen atoms in total. The maximum absolute atomic E-state index is 12.9. The van der Waals surface area contributed by atoms with Crippen molar-refractivity contribution in [3.8, 4) is 0 Å². The highest BCUT2D eigenvalue weighted by Crippen LogP contribution is 2.14. The smallest absolute Gasteiger partial charge is 0.340 e. The predicted octanol–water partition coefficient (Wildman–Crippen LogP) is 2.71. The van der Waals surface area contributed by atoms with Crippen LogP contribution in [-0.2, 0) is 4.74 Å². The van der Waals surface area contributed by atoms with Crippen LogP contribution in [0.15, 0.2) is 18.2 Å². The molecule has 0 spiro atoms. The van der Waals surface area contributed by atoms with Gasteiger partial charge in [-0.05, 0) is 36.1 Å². The van der Waals surface area contributed by atoms with Crippen molar-refractivity contribution in [3.63, 3.8) is 0 Å². The van der Waals surface area contributed by atoms with Gasteiger partial charge in [-0.1, -0.05) is 6.92 Å². The Labute approximate surface area is 105 Å². The summed E-state index contributed by atoms with van der Waals surface area (Å²) in [5, 5.41) is 0. The molecule has 0 aliphatic carbocycles. The molecule has 0 aliphatic heterocycles. The molecule has 94 valence electrons. The average Bonchev–Trinajstić information content (AvgIpc) is 2.32. The molecular weight excluding hydrogens is 241 g/mol. The van der Waals surface area contributed by atoms with Crippen molar-refractivity contribution in [2.45, 2.75) is 13.3 Å². The Morgan fingerprint density at radius 3 is 3.00 bits per heavy atom. The molecule has 0 bridgehead atoms. The molecule has 0 aromatic heterocycles. The van der Waals surface area contributed by atoms with E-state index in [1.54, 1.807) is 11.8 Å². The van der Waals surface area contributed by atoms with Crippen LogP contribution in [0.5, 0.6) is 0 Å². The summed E-state index contributed by atoms with van der Waals surface area (Å²) in [5.74, 6) is 0.934. The van der Waals surface area contributed by atoms with E-state index in [4.69, 9.17) is 10.5 Å². The number of benzene rings is 1. The Morgan fingerprint density at radius 1 is 1.53 bits per heavy atom. The predicted molar refractivity (Wildman–Crippen MR) is 68.7 cm³/mol. The number of nitrogens with two attached hydrogens (primary N) is 1. The second kappa shape index (κ2) is 7.17. The van der Waals surface area contributed by atoms with Gasteiger partial charge in [0.15, 0.2) is 0 Å². The van der Waals surface area contributed by atoms with E-state index in [0.29, 0.717) is 6.61 Å². The number of rotatable bonds is 6. The van der Waals surface area contributed by atoms with Crippen LogP contribution in [0.3, 0.4) is 0 Å². The van der Waals surface area contributed by atoms with Gasteiger partial charge in [-0.15, -0.1) is 0 Å². The molecule has 1 aromatic rings. The van der Waals surface area contributed by atoms with Gasteiger partial charge in [0.1, 0.15) is 5.82 Å². The number of thioether (sulfide) groups is 1. The first-order valence-electron chi connectivity index (χ1n) is 5.45. The Balaban J connectivity index is 2.44. The molecule has 0 amide bonds. The van der Waals surface area contributed by atoms with Gasteiger partial charge in [-0.2, -0.15) is 11.8 Å². The number of anilines is 1. The first-order valence-corrected chi connectivity index (χ1v) is 6.60. The van der Waals surface area contributed by atoms with Gasteiger partial charge in [-0.25, -0.2) is 9.18 Å². The third-order valence-electron chi connectivity index (χ3n) is 2.11. The molecule has 2 N–H and O–H groups in total. The van der Waals surface area contributed by atoms with Crippen LogP contribution in [0.1, 0.15) is 23.7 Å². The fourth-order valence-electron chi connectivity index (χ4n) is 1.25. The van der Waals surface area contributed by atoms with Crippen LogP contribution in [0.25, 0.3) is 0 Å². The van der Waals surface area contributed by atoms with Crippen molar-refractivity contribution in [1.29, 1.82) is 0 Å². The van der Waals surface area contributed by atoms with Gasteiger partial charge in [-0.3, -0.25) is 0 Å². The minimum Gasteiger partial charge on any atom is -0.462 e. The first kappa shape index (κ1) is 13.8. The van der Waals surface area contributed by atoms with E-state index in [1.807, 2.05) is 0 Å². The van der Waals surface area contributed by atoms with E-state index < -0.39 is 11.8 Å². The third kappa shape index (κ3) is 4.65. The van der Waals surface area contributed by atoms with E-state index in [-0.39, 0.29) is 11.3 Å². The molecule has 1 aromatic carbocycles. The summed E-state index contributed by atoms with van der Waals surface area (Å²) in [5.41, 5.74) is 5.90. The average molecular weight is 257 g/mol. The lowest BCUT2D eigenvalue weighted by atomic mass is 10.2. The molecule has 0 saturated carbocycles. The number of hydrogen-bond acceptors (Lipinski definition) is 4. The SMILES string of the molecule is CCSCCCOC(=O)c1cc(F)ccc1N. The topological polar surface area (TPSA) is 52.3 Å². The summed E-state index contributed by atoms with van der Waals surface area (Å²) in [6.45, 7) is 2.41. The molecule has 5 heteroatoms. The van der Waals surface area contributed by atoms with Crippen molar-refractivity contribution in [1.82, 2.24) is 0 Å². The Bertz CT molecular complexity index is 385. The summed E-state index contributed by atoms with van der Waals surface area (Å²) in [6.07, 6.45) is 0.791. The second-order valence-corrected chi connectivity index (χ2v) is 4.81. The number of carbonyl (C=O) groups excluding carboxylic acids is 1. The third-order valence-corrected chi connectivity index (χ3v) is 3.09. The fraction of sp³-hybridized carbons (Fsp3) is 0.417. The minimum absolute atomic E-state index is 0.0909. The molecule has 0 radical (unpaired) electrons. The lowest BCUT2D eigenvalue weighted by molar-refractivity contribution is 0.0507. The lowest BCUT2D eigenvalue weighted by Crippen LogP contribution is -2.10. The quantitative estimate of drug-likeness (QED) is 0.483. The maximum Gasteiger partial charge on any atom is 0.340 e. The number of ether oxygens (including phenoxy) is 1. The van der Waals surface area contributed by atoms with Crippen molar-refractivity contribution in [3.05, 3.63) is 29.6 Å². The first-order chi connectivity index (χ1) is 8.15. The highest BCUT2D eigenvalue weighted by atomic mass is 32.2. The zero-order valence-electron chi connectivity index (χ0n) is 9.74. The van der Waals surface area contributed by atoms with Crippen LogP contribution in [-0.4, -0.2) is 24.1 Å². The lowest BCUT2D eigenvalue weighted by Gasteiger charge is -2.06. The molecule has 0 fully saturated rings. The number of esters is 1. The number of carbonyl (C=O) groups is 1. The van der Waals surface area contributed by atoms with Gasteiger partial charge < -0.3 is 10.5 Å². The summed E-state index contributed by atoms with van der Waals surface area (Å²) < 4.78 is 17.9. The monoisotopic (exact) mass is 257 g/mol. The van der Waals surface area contributed by atoms with E-state index in [0.717, 1.165) is 24.0 Å². The standard InChI is InChI=1S/C12H16FNO2S/c1-2-17-7-3-6-16-12(15)10-8-9(13)4-5-11(10)14/h4-5,8H,2-3,6-7,14H2,1H3. The molecule has 17 heavy (non-hydrogen) atoms. The molecule has 0 atom stereocenters. The zero-order valence-corrected chi connectivity index (χ0v) is 10.6. The summed E-state index contributed by atoms with van der Waals surface area (Å²) in [7, 11) is 0. The van der Waals surface area contributed by atoms with E-state index >= 15 is 0 Å². The van der Waals surface area contributed by atoms with Crippen LogP contribution >= 0.6 is 11.8 Å². The van der Waals surface area contributed by atoms with Crippen molar-refractivity contribution in [2.24, 2.45) is 0 Å². The van der Waals surface area contributed by atoms with Crippen molar-refractivity contribution >= 4 is 23.4 Å². The molecule has 1 rings (SSSR count). The minimum atomic E-state index is -0.566. The van der Waals surface area contributed by atoms with E-state index in [9.17, 15) is 9.18 Å². The molecule has 0 unspecified atom stereocenters. The van der Waals surface area contributed by atoms with E-state index in [2.05, 4.69) is 6.92 Å². The largest absolute Gasteiger partial charge is 0.462 e. The molecule has 0 aliphatic rings. The maximum atomic E-state index is 12.9. The van der Waals surface area contributed by atoms with Crippen LogP contribution in [0.2, 0.25) is 0 Å². The normalized spacial score (nSPS) is 10.2. The molecule has 0 saturated heterocycles. The molecular formula is C12H16FNO2S. The fourth-order valence-corrected chi connectivity index (χ4v) is 1.86. The molecule has 0 heterocycles. The highest BCUT2D eigenvalue weighted by molar-refractivity contribution is 7.99. The highest BCUT2D eigenvalue weighted by Gasteiger charge is 2.11. The van der Waals surface area contributed by atoms with Gasteiger partial charge in [0.25, 0.3) is 0 Å². The number of nitrogen functional groups attached to an aromatic ring is 1. The Kier molecular flexibility index (Phi) is 5.83. The zero-order chi connectivity index (χ0) is 12.7. The van der Waals surface area contributed by atoms with Crippen molar-refractivity contribution < 1.29 is 13.9 Å². The van der Waals surface area contributed by atoms with Gasteiger partial charge in [0, 0.05) is 5.69 Å². The summed E-state index contributed by atoms with van der Waals surface area (Å²) in [6, 6.07) is 3.67. The number of hydrogen-bond donors (Lipinski definition) is 1. The van der Waals surface area contributed by atoms with Crippen LogP contribution < -0.4 is 5.73 Å². The summed E-state index contributed by atoms with van der Waals surface area (Å²) >= 11 is 1.79. The van der Waals surface area contributed by atoms with Gasteiger partial charge in [0.05, 0.1) is 12.2 Å². The van der Waals surface area contributed by atoms with Crippen LogP contribution in [0, 0.1) is 5.82 Å².